The second-order valence-corrected chi connectivity index (χ2v) is 7.97. The summed E-state index contributed by atoms with van der Waals surface area (Å²) in [6.07, 6.45) is 3.11. The molecule has 0 aliphatic carbocycles. The van der Waals surface area contributed by atoms with Crippen molar-refractivity contribution in [2.24, 2.45) is 0 Å². The molecular weight excluding hydrogens is 422 g/mol. The van der Waals surface area contributed by atoms with E-state index in [9.17, 15) is 9.59 Å². The average Bonchev–Trinajstić information content (AvgIpc) is 3.09. The van der Waals surface area contributed by atoms with Crippen LogP contribution >= 0.6 is 23.4 Å². The summed E-state index contributed by atoms with van der Waals surface area (Å²) < 4.78 is 2.58. The number of halogens is 1. The molecule has 9 heteroatoms. The lowest BCUT2D eigenvalue weighted by Crippen LogP contribution is -2.34. The third-order valence-electron chi connectivity index (χ3n) is 4.56. The van der Waals surface area contributed by atoms with Crippen LogP contribution in [0.2, 0.25) is 5.02 Å². The lowest BCUT2D eigenvalue weighted by atomic mass is 10.2. The maximum Gasteiger partial charge on any atom is 0.350 e. The number of aromatic nitrogens is 4. The summed E-state index contributed by atoms with van der Waals surface area (Å²) in [4.78, 5) is 31.2. The topological polar surface area (TPSA) is 72.5 Å². The molecule has 0 unspecified atom stereocenters. The number of fused-ring (bicyclic) bond motifs is 1. The third-order valence-corrected chi connectivity index (χ3v) is 5.85. The summed E-state index contributed by atoms with van der Waals surface area (Å²) in [6, 6.07) is 16.8. The molecule has 1 amide bonds. The number of likely N-dealkylation sites (N-methyl/N-ethyl adjacent to an activating group) is 1. The van der Waals surface area contributed by atoms with E-state index in [0.717, 1.165) is 11.3 Å². The monoisotopic (exact) mass is 439 g/mol. The Morgan fingerprint density at radius 2 is 1.87 bits per heavy atom. The maximum absolute atomic E-state index is 12.7. The van der Waals surface area contributed by atoms with Gasteiger partial charge in [-0.05, 0) is 29.8 Å². The standard InChI is InChI=1S/C21H18ClN5O2S/c1-25(17-5-3-2-4-6-17)18(28)13-27-21(29)26-12-11-23-20(19(26)24-27)30-14-15-7-9-16(22)10-8-15/h2-12H,13-14H2,1H3. The molecule has 0 aliphatic rings. The first kappa shape index (κ1) is 20.2. The van der Waals surface area contributed by atoms with Gasteiger partial charge in [-0.3, -0.25) is 4.79 Å². The van der Waals surface area contributed by atoms with Gasteiger partial charge in [0.05, 0.1) is 0 Å². The van der Waals surface area contributed by atoms with E-state index in [1.807, 2.05) is 54.6 Å². The van der Waals surface area contributed by atoms with E-state index in [2.05, 4.69) is 10.1 Å². The van der Waals surface area contributed by atoms with E-state index in [1.54, 1.807) is 19.4 Å². The van der Waals surface area contributed by atoms with Crippen molar-refractivity contribution in [1.82, 2.24) is 19.2 Å². The zero-order valence-electron chi connectivity index (χ0n) is 16.1. The highest BCUT2D eigenvalue weighted by atomic mass is 35.5. The first-order valence-corrected chi connectivity index (χ1v) is 10.5. The Morgan fingerprint density at radius 1 is 1.13 bits per heavy atom. The fraction of sp³-hybridized carbons (Fsp3) is 0.143. The van der Waals surface area contributed by atoms with Crippen LogP contribution in [0.5, 0.6) is 0 Å². The lowest BCUT2D eigenvalue weighted by Gasteiger charge is -2.16. The van der Waals surface area contributed by atoms with Gasteiger partial charge in [0.1, 0.15) is 11.6 Å². The van der Waals surface area contributed by atoms with E-state index in [4.69, 9.17) is 11.6 Å². The Bertz CT molecular complexity index is 1240. The van der Waals surface area contributed by atoms with Gasteiger partial charge < -0.3 is 4.90 Å². The Balaban J connectivity index is 1.56. The Labute approximate surface area is 181 Å². The first-order valence-electron chi connectivity index (χ1n) is 9.16. The zero-order valence-corrected chi connectivity index (χ0v) is 17.7. The number of nitrogens with zero attached hydrogens (tertiary/aromatic N) is 5. The highest BCUT2D eigenvalue weighted by Crippen LogP contribution is 2.24. The largest absolute Gasteiger partial charge is 0.350 e. The number of carbonyl (C=O) groups is 1. The molecule has 30 heavy (non-hydrogen) atoms. The highest BCUT2D eigenvalue weighted by molar-refractivity contribution is 7.98. The van der Waals surface area contributed by atoms with Crippen molar-refractivity contribution in [3.63, 3.8) is 0 Å². The van der Waals surface area contributed by atoms with Crippen LogP contribution in [0.4, 0.5) is 5.69 Å². The van der Waals surface area contributed by atoms with Crippen LogP contribution in [0, 0.1) is 0 Å². The second kappa shape index (κ2) is 8.73. The van der Waals surface area contributed by atoms with Crippen LogP contribution in [-0.4, -0.2) is 32.1 Å². The highest BCUT2D eigenvalue weighted by Gasteiger charge is 2.17. The van der Waals surface area contributed by atoms with Crippen LogP contribution in [0.15, 0.2) is 76.8 Å². The number of carbonyl (C=O) groups excluding carboxylic acids is 1. The van der Waals surface area contributed by atoms with Gasteiger partial charge in [-0.1, -0.05) is 53.7 Å². The summed E-state index contributed by atoms with van der Waals surface area (Å²) in [6.45, 7) is -0.160. The molecule has 4 rings (SSSR count). The molecule has 0 N–H and O–H groups in total. The molecule has 0 saturated carbocycles. The number of hydrogen-bond acceptors (Lipinski definition) is 5. The predicted octanol–water partition coefficient (Wildman–Crippen LogP) is 3.50. The van der Waals surface area contributed by atoms with Gasteiger partial charge >= 0.3 is 5.69 Å². The predicted molar refractivity (Wildman–Crippen MR) is 118 cm³/mol. The van der Waals surface area contributed by atoms with E-state index in [-0.39, 0.29) is 18.1 Å². The molecule has 2 aromatic heterocycles. The van der Waals surface area contributed by atoms with Gasteiger partial charge in [-0.2, -0.15) is 0 Å². The van der Waals surface area contributed by atoms with Crippen molar-refractivity contribution in [1.29, 1.82) is 0 Å². The molecule has 4 aromatic rings. The number of benzene rings is 2. The number of rotatable bonds is 6. The van der Waals surface area contributed by atoms with Crippen LogP contribution in [0.1, 0.15) is 5.56 Å². The molecule has 2 aromatic carbocycles. The molecule has 0 aliphatic heterocycles. The van der Waals surface area contributed by atoms with E-state index in [0.29, 0.717) is 21.4 Å². The molecule has 0 radical (unpaired) electrons. The number of hydrogen-bond donors (Lipinski definition) is 0. The number of thioether (sulfide) groups is 1. The molecule has 152 valence electrons. The van der Waals surface area contributed by atoms with Crippen LogP contribution < -0.4 is 10.6 Å². The molecule has 0 atom stereocenters. The van der Waals surface area contributed by atoms with E-state index < -0.39 is 0 Å². The average molecular weight is 440 g/mol. The molecule has 0 fully saturated rings. The van der Waals surface area contributed by atoms with Gasteiger partial charge in [0.2, 0.25) is 5.91 Å². The van der Waals surface area contributed by atoms with Gasteiger partial charge in [0.15, 0.2) is 5.65 Å². The Hall–Kier alpha value is -3.10. The fourth-order valence-corrected chi connectivity index (χ4v) is 3.92. The van der Waals surface area contributed by atoms with Gasteiger partial charge in [-0.15, -0.1) is 5.10 Å². The molecule has 2 heterocycles. The molecule has 0 spiro atoms. The number of para-hydroxylation sites is 1. The summed E-state index contributed by atoms with van der Waals surface area (Å²) in [5.74, 6) is 0.413. The SMILES string of the molecule is CN(C(=O)Cn1nc2c(SCc3ccc(Cl)cc3)nccn2c1=O)c1ccccc1. The zero-order chi connectivity index (χ0) is 21.1. The van der Waals surface area contributed by atoms with Crippen molar-refractivity contribution >= 4 is 40.6 Å². The normalized spacial score (nSPS) is 11.0. The van der Waals surface area contributed by atoms with Crippen molar-refractivity contribution < 1.29 is 4.79 Å². The lowest BCUT2D eigenvalue weighted by molar-refractivity contribution is -0.119. The number of anilines is 1. The second-order valence-electron chi connectivity index (χ2n) is 6.57. The first-order chi connectivity index (χ1) is 14.5. The van der Waals surface area contributed by atoms with Gasteiger partial charge in [0, 0.05) is 35.9 Å². The Kier molecular flexibility index (Phi) is 5.87. The minimum atomic E-state index is -0.379. The number of amides is 1. The molecular formula is C21H18ClN5O2S. The molecule has 0 bridgehead atoms. The summed E-state index contributed by atoms with van der Waals surface area (Å²) in [5, 5.41) is 5.67. The minimum absolute atomic E-state index is 0.160. The van der Waals surface area contributed by atoms with Crippen molar-refractivity contribution in [2.45, 2.75) is 17.3 Å². The van der Waals surface area contributed by atoms with Crippen molar-refractivity contribution in [3.8, 4) is 0 Å². The summed E-state index contributed by atoms with van der Waals surface area (Å²) >= 11 is 7.40. The smallest absolute Gasteiger partial charge is 0.314 e. The van der Waals surface area contributed by atoms with E-state index >= 15 is 0 Å². The van der Waals surface area contributed by atoms with Crippen molar-refractivity contribution in [2.75, 3.05) is 11.9 Å². The van der Waals surface area contributed by atoms with Gasteiger partial charge in [0.25, 0.3) is 0 Å². The maximum atomic E-state index is 12.7. The third kappa shape index (κ3) is 4.24. The van der Waals surface area contributed by atoms with Gasteiger partial charge in [-0.25, -0.2) is 18.9 Å². The molecule has 7 nitrogen and oxygen atoms in total. The fourth-order valence-electron chi connectivity index (χ4n) is 2.89. The van der Waals surface area contributed by atoms with Crippen LogP contribution in [0.25, 0.3) is 5.65 Å². The molecule has 0 saturated heterocycles. The van der Waals surface area contributed by atoms with E-state index in [1.165, 1.54) is 25.7 Å². The summed E-state index contributed by atoms with van der Waals surface area (Å²) in [7, 11) is 1.67. The summed E-state index contributed by atoms with van der Waals surface area (Å²) in [5.41, 5.74) is 1.88. The van der Waals surface area contributed by atoms with Crippen LogP contribution in [0.3, 0.4) is 0 Å². The Morgan fingerprint density at radius 3 is 2.60 bits per heavy atom. The van der Waals surface area contributed by atoms with Crippen LogP contribution in [-0.2, 0) is 17.1 Å². The van der Waals surface area contributed by atoms with Crippen molar-refractivity contribution in [3.05, 3.63) is 88.1 Å². The quantitative estimate of drug-likeness (QED) is 0.430. The minimum Gasteiger partial charge on any atom is -0.314 e.